The van der Waals surface area contributed by atoms with Crippen LogP contribution in [0.25, 0.3) is 0 Å². The number of fused-ring (bicyclic) bond motifs is 1. The second-order valence-electron chi connectivity index (χ2n) is 3.38. The Balaban J connectivity index is 2.40. The van der Waals surface area contributed by atoms with Crippen molar-refractivity contribution in [2.45, 2.75) is 38.5 Å². The van der Waals surface area contributed by atoms with Gasteiger partial charge in [0.15, 0.2) is 0 Å². The van der Waals surface area contributed by atoms with Crippen LogP contribution in [0, 0.1) is 0 Å². The Morgan fingerprint density at radius 2 is 2.38 bits per heavy atom. The van der Waals surface area contributed by atoms with Gasteiger partial charge in [0.1, 0.15) is 17.8 Å². The number of nitrogens with zero attached hydrogens (tertiary/aromatic N) is 3. The van der Waals surface area contributed by atoms with Crippen molar-refractivity contribution < 1.29 is 4.39 Å². The molecule has 2 rings (SSSR count). The van der Waals surface area contributed by atoms with E-state index in [4.69, 9.17) is 5.73 Å². The summed E-state index contributed by atoms with van der Waals surface area (Å²) < 4.78 is 15.0. The predicted molar refractivity (Wildman–Crippen MR) is 45.8 cm³/mol. The summed E-state index contributed by atoms with van der Waals surface area (Å²) in [5.74, 6) is 1.55. The molecule has 72 valence electrons. The predicted octanol–water partition coefficient (Wildman–Crippen LogP) is 0.582. The highest BCUT2D eigenvalue weighted by Gasteiger charge is 2.27. The number of hydrogen-bond donors (Lipinski definition) is 1. The summed E-state index contributed by atoms with van der Waals surface area (Å²) >= 11 is 0. The number of rotatable bonds is 1. The molecule has 1 aliphatic heterocycles. The molecule has 0 saturated carbocycles. The molecule has 4 nitrogen and oxygen atoms in total. The topological polar surface area (TPSA) is 56.7 Å². The molecule has 0 bridgehead atoms. The van der Waals surface area contributed by atoms with Crippen LogP contribution in [0.5, 0.6) is 0 Å². The lowest BCUT2D eigenvalue weighted by atomic mass is 10.1. The lowest BCUT2D eigenvalue weighted by Crippen LogP contribution is -2.30. The molecule has 0 aliphatic carbocycles. The second-order valence-corrected chi connectivity index (χ2v) is 3.38. The fourth-order valence-electron chi connectivity index (χ4n) is 1.74. The second kappa shape index (κ2) is 3.06. The first-order valence-corrected chi connectivity index (χ1v) is 4.54. The number of nitrogens with two attached hydrogens (primary N) is 1. The fourth-order valence-corrected chi connectivity index (χ4v) is 1.74. The molecule has 0 radical (unpaired) electrons. The highest BCUT2D eigenvalue weighted by molar-refractivity contribution is 5.04. The van der Waals surface area contributed by atoms with Crippen LogP contribution >= 0.6 is 0 Å². The average molecular weight is 184 g/mol. The number of hydrogen-bond acceptors (Lipinski definition) is 3. The molecule has 0 saturated heterocycles. The Kier molecular flexibility index (Phi) is 2.03. The van der Waals surface area contributed by atoms with E-state index in [1.165, 1.54) is 0 Å². The third kappa shape index (κ3) is 1.33. The van der Waals surface area contributed by atoms with Gasteiger partial charge >= 0.3 is 0 Å². The summed E-state index contributed by atoms with van der Waals surface area (Å²) in [5, 5.41) is 7.93. The van der Waals surface area contributed by atoms with Crippen molar-refractivity contribution in [1.29, 1.82) is 0 Å². The van der Waals surface area contributed by atoms with E-state index in [2.05, 4.69) is 10.2 Å². The molecule has 1 aliphatic rings. The molecule has 5 heteroatoms. The van der Waals surface area contributed by atoms with E-state index in [1.54, 1.807) is 4.57 Å². The van der Waals surface area contributed by atoms with Crippen LogP contribution in [0.2, 0.25) is 0 Å². The largest absolute Gasteiger partial charge is 0.321 e. The first-order valence-electron chi connectivity index (χ1n) is 4.54. The van der Waals surface area contributed by atoms with E-state index in [0.29, 0.717) is 13.0 Å². The molecular weight excluding hydrogens is 171 g/mol. The zero-order valence-corrected chi connectivity index (χ0v) is 7.57. The van der Waals surface area contributed by atoms with Gasteiger partial charge in [-0.25, -0.2) is 4.39 Å². The molecule has 0 amide bonds. The maximum Gasteiger partial charge on any atom is 0.150 e. The van der Waals surface area contributed by atoms with Crippen molar-refractivity contribution in [2.24, 2.45) is 5.73 Å². The van der Waals surface area contributed by atoms with Crippen LogP contribution in [0.4, 0.5) is 4.39 Å². The van der Waals surface area contributed by atoms with Gasteiger partial charge in [0.05, 0.1) is 12.6 Å². The van der Waals surface area contributed by atoms with Crippen LogP contribution in [0.15, 0.2) is 0 Å². The molecule has 1 aromatic heterocycles. The van der Waals surface area contributed by atoms with Crippen LogP contribution in [0.3, 0.4) is 0 Å². The molecule has 2 N–H and O–H groups in total. The van der Waals surface area contributed by atoms with E-state index >= 15 is 0 Å². The van der Waals surface area contributed by atoms with Gasteiger partial charge in [-0.3, -0.25) is 0 Å². The molecule has 1 aromatic rings. The van der Waals surface area contributed by atoms with Gasteiger partial charge in [-0.05, 0) is 0 Å². The monoisotopic (exact) mass is 184 g/mol. The minimum atomic E-state index is -0.858. The van der Waals surface area contributed by atoms with E-state index in [-0.39, 0.29) is 6.04 Å². The summed E-state index contributed by atoms with van der Waals surface area (Å²) in [4.78, 5) is 0. The van der Waals surface area contributed by atoms with Gasteiger partial charge in [-0.1, -0.05) is 6.92 Å². The Morgan fingerprint density at radius 1 is 1.62 bits per heavy atom. The van der Waals surface area contributed by atoms with Gasteiger partial charge in [0.25, 0.3) is 0 Å². The van der Waals surface area contributed by atoms with E-state index < -0.39 is 6.17 Å². The lowest BCUT2D eigenvalue weighted by Gasteiger charge is -2.23. The molecule has 0 fully saturated rings. The first kappa shape index (κ1) is 8.62. The van der Waals surface area contributed by atoms with Gasteiger partial charge < -0.3 is 10.3 Å². The maximum absolute atomic E-state index is 13.2. The normalized spacial score (nSPS) is 27.3. The molecule has 2 heterocycles. The first-order chi connectivity index (χ1) is 6.22. The van der Waals surface area contributed by atoms with E-state index in [1.807, 2.05) is 6.92 Å². The van der Waals surface area contributed by atoms with Gasteiger partial charge in [0.2, 0.25) is 0 Å². The van der Waals surface area contributed by atoms with Gasteiger partial charge in [0, 0.05) is 12.8 Å². The van der Waals surface area contributed by atoms with E-state index in [9.17, 15) is 4.39 Å². The number of halogens is 1. The molecule has 2 atom stereocenters. The number of aryl methyl sites for hydroxylation is 1. The molecule has 2 unspecified atom stereocenters. The van der Waals surface area contributed by atoms with Crippen LogP contribution < -0.4 is 5.73 Å². The highest BCUT2D eigenvalue weighted by Crippen LogP contribution is 2.24. The van der Waals surface area contributed by atoms with Gasteiger partial charge in [-0.15, -0.1) is 10.2 Å². The van der Waals surface area contributed by atoms with Gasteiger partial charge in [-0.2, -0.15) is 0 Å². The maximum atomic E-state index is 13.2. The third-order valence-electron chi connectivity index (χ3n) is 2.39. The Hall–Kier alpha value is -0.970. The summed E-state index contributed by atoms with van der Waals surface area (Å²) in [7, 11) is 0. The van der Waals surface area contributed by atoms with Crippen LogP contribution in [-0.2, 0) is 13.0 Å². The Bertz CT molecular complexity index is 309. The zero-order chi connectivity index (χ0) is 9.42. The minimum absolute atomic E-state index is 0.295. The molecule has 0 spiro atoms. The molecule has 13 heavy (non-hydrogen) atoms. The highest BCUT2D eigenvalue weighted by atomic mass is 19.1. The Morgan fingerprint density at radius 3 is 3.08 bits per heavy atom. The lowest BCUT2D eigenvalue weighted by molar-refractivity contribution is 0.228. The fraction of sp³-hybridized carbons (Fsp3) is 0.750. The van der Waals surface area contributed by atoms with Crippen LogP contribution in [-0.4, -0.2) is 20.9 Å². The summed E-state index contributed by atoms with van der Waals surface area (Å²) in [6, 6.07) is -0.295. The summed E-state index contributed by atoms with van der Waals surface area (Å²) in [6.45, 7) is 2.34. The van der Waals surface area contributed by atoms with E-state index in [0.717, 1.165) is 18.1 Å². The van der Waals surface area contributed by atoms with Crippen molar-refractivity contribution in [3.63, 3.8) is 0 Å². The van der Waals surface area contributed by atoms with Crippen molar-refractivity contribution in [3.05, 3.63) is 11.6 Å². The number of alkyl halides is 1. The summed E-state index contributed by atoms with van der Waals surface area (Å²) in [6.07, 6.45) is 0.276. The smallest absolute Gasteiger partial charge is 0.150 e. The Labute approximate surface area is 75.9 Å². The van der Waals surface area contributed by atoms with Crippen molar-refractivity contribution in [3.8, 4) is 0 Å². The summed E-state index contributed by atoms with van der Waals surface area (Å²) in [5.41, 5.74) is 5.74. The average Bonchev–Trinajstić information content (AvgIpc) is 2.47. The minimum Gasteiger partial charge on any atom is -0.321 e. The standard InChI is InChI=1S/C8H13FN4/c1-2-7-11-12-8-6(10)3-5(9)4-13(7)8/h5-6H,2-4,10H2,1H3. The van der Waals surface area contributed by atoms with Crippen molar-refractivity contribution in [1.82, 2.24) is 14.8 Å². The molecule has 0 aromatic carbocycles. The van der Waals surface area contributed by atoms with Crippen LogP contribution in [0.1, 0.15) is 31.0 Å². The molecular formula is C8H13FN4. The van der Waals surface area contributed by atoms with Crippen molar-refractivity contribution in [2.75, 3.05) is 0 Å². The van der Waals surface area contributed by atoms with Crippen molar-refractivity contribution >= 4 is 0 Å². The number of aromatic nitrogens is 3. The zero-order valence-electron chi connectivity index (χ0n) is 7.57. The SMILES string of the molecule is CCc1nnc2n1CC(F)CC2N. The third-order valence-corrected chi connectivity index (χ3v) is 2.39. The quantitative estimate of drug-likeness (QED) is 0.694.